The Morgan fingerprint density at radius 1 is 1.16 bits per heavy atom. The second kappa shape index (κ2) is 10.5. The molecule has 2 fully saturated rings. The third-order valence-electron chi connectivity index (χ3n) is 8.36. The van der Waals surface area contributed by atoms with Gasteiger partial charge in [0.05, 0.1) is 5.60 Å². The van der Waals surface area contributed by atoms with Gasteiger partial charge in [0.1, 0.15) is 17.9 Å². The number of fused-ring (bicyclic) bond motifs is 2. The lowest BCUT2D eigenvalue weighted by molar-refractivity contribution is -0.143. The van der Waals surface area contributed by atoms with Gasteiger partial charge in [0.15, 0.2) is 0 Å². The molecule has 2 aromatic carbocycles. The molecule has 2 heterocycles. The van der Waals surface area contributed by atoms with Crippen molar-refractivity contribution in [1.82, 2.24) is 4.90 Å². The highest BCUT2D eigenvalue weighted by Gasteiger charge is 2.43. The maximum Gasteiger partial charge on any atom is 0.339 e. The number of hydrogen-bond donors (Lipinski definition) is 1. The summed E-state index contributed by atoms with van der Waals surface area (Å²) in [4.78, 5) is 27.9. The van der Waals surface area contributed by atoms with Crippen molar-refractivity contribution in [2.24, 2.45) is 5.92 Å². The molecule has 0 unspecified atom stereocenters. The van der Waals surface area contributed by atoms with Crippen LogP contribution >= 0.6 is 11.6 Å². The number of piperidine rings is 1. The fraction of sp³-hybridized carbons (Fsp3) is 0.467. The molecule has 3 aromatic rings. The predicted octanol–water partition coefficient (Wildman–Crippen LogP) is 5.73. The van der Waals surface area contributed by atoms with Gasteiger partial charge in [-0.15, -0.1) is 0 Å². The number of amides is 1. The lowest BCUT2D eigenvalue weighted by Gasteiger charge is -2.47. The molecule has 0 spiro atoms. The van der Waals surface area contributed by atoms with E-state index < -0.39 is 11.2 Å². The van der Waals surface area contributed by atoms with Crippen molar-refractivity contribution in [1.29, 1.82) is 0 Å². The predicted molar refractivity (Wildman–Crippen MR) is 144 cm³/mol. The van der Waals surface area contributed by atoms with Crippen molar-refractivity contribution in [2.45, 2.75) is 71.0 Å². The maximum atomic E-state index is 13.0. The van der Waals surface area contributed by atoms with Gasteiger partial charge in [-0.1, -0.05) is 42.6 Å². The van der Waals surface area contributed by atoms with Crippen LogP contribution in [-0.2, 0) is 17.8 Å². The summed E-state index contributed by atoms with van der Waals surface area (Å²) < 4.78 is 11.8. The molecule has 1 aromatic heterocycles. The number of aryl methyl sites for hydroxylation is 2. The maximum absolute atomic E-state index is 13.0. The van der Waals surface area contributed by atoms with Crippen LogP contribution in [0.3, 0.4) is 0 Å². The molecule has 2 aliphatic rings. The van der Waals surface area contributed by atoms with Crippen LogP contribution in [-0.4, -0.2) is 34.6 Å². The summed E-state index contributed by atoms with van der Waals surface area (Å²) in [6.45, 7) is 5.28. The van der Waals surface area contributed by atoms with Crippen LogP contribution in [0.2, 0.25) is 5.02 Å². The third-order valence-corrected chi connectivity index (χ3v) is 8.73. The first-order chi connectivity index (χ1) is 17.8. The Kier molecular flexibility index (Phi) is 7.32. The van der Waals surface area contributed by atoms with Crippen molar-refractivity contribution >= 4 is 28.5 Å². The van der Waals surface area contributed by atoms with Gasteiger partial charge >= 0.3 is 5.63 Å². The van der Waals surface area contributed by atoms with Crippen molar-refractivity contribution in [2.75, 3.05) is 13.1 Å². The molecule has 1 saturated heterocycles. The Bertz CT molecular complexity index is 1380. The van der Waals surface area contributed by atoms with E-state index in [0.717, 1.165) is 47.8 Å². The van der Waals surface area contributed by atoms with E-state index >= 15 is 0 Å². The van der Waals surface area contributed by atoms with E-state index in [9.17, 15) is 14.7 Å². The van der Waals surface area contributed by atoms with Gasteiger partial charge in [0.2, 0.25) is 5.91 Å². The average Bonchev–Trinajstić information content (AvgIpc) is 2.88. The first-order valence-corrected chi connectivity index (χ1v) is 13.6. The number of carbonyl (C=O) groups is 1. The van der Waals surface area contributed by atoms with Gasteiger partial charge in [-0.2, -0.15) is 0 Å². The summed E-state index contributed by atoms with van der Waals surface area (Å²) in [5.41, 5.74) is 2.48. The van der Waals surface area contributed by atoms with E-state index in [1.807, 2.05) is 55.1 Å². The van der Waals surface area contributed by atoms with Crippen LogP contribution in [0.25, 0.3) is 11.0 Å². The fourth-order valence-electron chi connectivity index (χ4n) is 5.97. The quantitative estimate of drug-likeness (QED) is 0.417. The van der Waals surface area contributed by atoms with Crippen LogP contribution in [0.5, 0.6) is 5.75 Å². The van der Waals surface area contributed by atoms with E-state index in [2.05, 4.69) is 0 Å². The molecule has 0 radical (unpaired) electrons. The Balaban J connectivity index is 1.29. The Morgan fingerprint density at radius 2 is 1.97 bits per heavy atom. The zero-order valence-electron chi connectivity index (χ0n) is 21.5. The normalized spacial score (nSPS) is 21.6. The molecule has 1 aliphatic carbocycles. The number of likely N-dealkylation sites (tertiary alicyclic amines) is 1. The second-order valence-electron chi connectivity index (χ2n) is 10.6. The smallest absolute Gasteiger partial charge is 0.339 e. The van der Waals surface area contributed by atoms with Crippen LogP contribution in [0.1, 0.15) is 60.8 Å². The highest BCUT2D eigenvalue weighted by atomic mass is 35.5. The zero-order valence-corrected chi connectivity index (χ0v) is 22.3. The molecule has 5 rings (SSSR count). The van der Waals surface area contributed by atoms with Crippen LogP contribution in [0, 0.1) is 19.8 Å². The first-order valence-electron chi connectivity index (χ1n) is 13.2. The lowest BCUT2D eigenvalue weighted by atomic mass is 9.71. The van der Waals surface area contributed by atoms with Crippen LogP contribution in [0.4, 0.5) is 0 Å². The molecule has 1 aliphatic heterocycles. The first kappa shape index (κ1) is 25.8. The molecule has 37 heavy (non-hydrogen) atoms. The van der Waals surface area contributed by atoms with Gasteiger partial charge in [-0.3, -0.25) is 4.79 Å². The Labute approximate surface area is 222 Å². The molecule has 6 nitrogen and oxygen atoms in total. The number of nitrogens with zero attached hydrogens (tertiary/aromatic N) is 1. The number of halogens is 1. The van der Waals surface area contributed by atoms with Gasteiger partial charge in [0.25, 0.3) is 0 Å². The average molecular weight is 524 g/mol. The van der Waals surface area contributed by atoms with Crippen molar-refractivity contribution in [3.63, 3.8) is 0 Å². The minimum Gasteiger partial charge on any atom is -0.488 e. The summed E-state index contributed by atoms with van der Waals surface area (Å²) in [6, 6.07) is 11.3. The summed E-state index contributed by atoms with van der Waals surface area (Å²) in [5.74, 6) is 0.820. The summed E-state index contributed by atoms with van der Waals surface area (Å²) >= 11 is 6.24. The number of hydrogen-bond acceptors (Lipinski definition) is 5. The third kappa shape index (κ3) is 5.14. The van der Waals surface area contributed by atoms with Gasteiger partial charge < -0.3 is 19.2 Å². The number of aliphatic hydroxyl groups is 1. The lowest BCUT2D eigenvalue weighted by Crippen LogP contribution is -2.54. The highest BCUT2D eigenvalue weighted by Crippen LogP contribution is 2.40. The molecule has 7 heteroatoms. The van der Waals surface area contributed by atoms with Crippen LogP contribution in [0.15, 0.2) is 45.6 Å². The molecule has 0 bridgehead atoms. The number of benzene rings is 2. The molecular formula is C30H34ClNO5. The SMILES string of the molecule is Cc1c(CCC(=O)N2CC[C@@]3(O)CCCC[C@@H]3C2)c(=O)oc2c(C)c(OCc3ccccc3Cl)ccc12. The number of ether oxygens (including phenoxy) is 1. The van der Waals surface area contributed by atoms with Crippen molar-refractivity contribution in [3.05, 3.63) is 74.1 Å². The standard InChI is InChI=1S/C30H34ClNO5/c1-19-23-10-12-26(36-18-21-7-3-4-9-25(21)31)20(2)28(23)37-29(34)24(19)11-13-27(33)32-16-15-30(35)14-6-5-8-22(30)17-32/h3-4,7,9-10,12,22,35H,5-6,8,11,13-18H2,1-2H3/t22-,30+/m1/s1. The van der Waals surface area contributed by atoms with Gasteiger partial charge in [-0.05, 0) is 63.3 Å². The Morgan fingerprint density at radius 3 is 2.78 bits per heavy atom. The summed E-state index contributed by atoms with van der Waals surface area (Å²) in [7, 11) is 0. The van der Waals surface area contributed by atoms with Crippen molar-refractivity contribution in [3.8, 4) is 5.75 Å². The van der Waals surface area contributed by atoms with E-state index in [1.54, 1.807) is 0 Å². The zero-order chi connectivity index (χ0) is 26.2. The molecule has 196 valence electrons. The van der Waals surface area contributed by atoms with Crippen LogP contribution < -0.4 is 10.4 Å². The number of rotatable bonds is 6. The molecule has 1 amide bonds. The summed E-state index contributed by atoms with van der Waals surface area (Å²) in [6.07, 6.45) is 5.20. The molecule has 1 N–H and O–H groups in total. The van der Waals surface area contributed by atoms with E-state index in [4.69, 9.17) is 20.8 Å². The van der Waals surface area contributed by atoms with E-state index in [1.165, 1.54) is 0 Å². The molecule has 2 atom stereocenters. The van der Waals surface area contributed by atoms with E-state index in [0.29, 0.717) is 54.5 Å². The number of carbonyl (C=O) groups excluding carboxylic acids is 1. The Hall–Kier alpha value is -2.83. The monoisotopic (exact) mass is 523 g/mol. The van der Waals surface area contributed by atoms with E-state index in [-0.39, 0.29) is 18.2 Å². The largest absolute Gasteiger partial charge is 0.488 e. The minimum atomic E-state index is -0.612. The van der Waals surface area contributed by atoms with Gasteiger partial charge in [0, 0.05) is 52.5 Å². The van der Waals surface area contributed by atoms with Crippen molar-refractivity contribution < 1.29 is 19.1 Å². The minimum absolute atomic E-state index is 0.0334. The fourth-order valence-corrected chi connectivity index (χ4v) is 6.16. The van der Waals surface area contributed by atoms with Gasteiger partial charge in [-0.25, -0.2) is 4.79 Å². The summed E-state index contributed by atoms with van der Waals surface area (Å²) in [5, 5.41) is 12.4. The highest BCUT2D eigenvalue weighted by molar-refractivity contribution is 6.31. The molecule has 1 saturated carbocycles. The topological polar surface area (TPSA) is 80.0 Å². The second-order valence-corrected chi connectivity index (χ2v) is 11.0. The molecular weight excluding hydrogens is 490 g/mol.